The average Bonchev–Trinajstić information content (AvgIpc) is 2.26. The lowest BCUT2D eigenvalue weighted by Crippen LogP contribution is -2.23. The maximum Gasteiger partial charge on any atom is 0.422 e. The van der Waals surface area contributed by atoms with Crippen LogP contribution in [0.15, 0.2) is 24.3 Å². The first-order chi connectivity index (χ1) is 8.29. The maximum atomic E-state index is 11.7. The highest BCUT2D eigenvalue weighted by molar-refractivity contribution is 5.87. The molecule has 0 unspecified atom stereocenters. The molecular weight excluding hydrogens is 257 g/mol. The van der Waals surface area contributed by atoms with E-state index < -0.39 is 29.5 Å². The predicted molar refractivity (Wildman–Crippen MR) is 54.1 cm³/mol. The Balaban J connectivity index is 2.68. The van der Waals surface area contributed by atoms with Crippen molar-refractivity contribution in [3.05, 3.63) is 34.4 Å². The fraction of sp³-hybridized carbons (Fsp3) is 0.222. The van der Waals surface area contributed by atoms with Crippen molar-refractivity contribution in [1.82, 2.24) is 0 Å². The van der Waals surface area contributed by atoms with E-state index in [1.165, 1.54) is 18.2 Å². The summed E-state index contributed by atoms with van der Waals surface area (Å²) in [5.41, 5.74) is -0.684. The van der Waals surface area contributed by atoms with Gasteiger partial charge in [0, 0.05) is 6.07 Å². The maximum absolute atomic E-state index is 11.7. The molecule has 0 spiro atoms. The number of carbonyl (C=O) groups excluding carboxylic acids is 1. The molecule has 0 aromatic heterocycles. The summed E-state index contributed by atoms with van der Waals surface area (Å²) in [6.07, 6.45) is -6.07. The number of carbonyl (C=O) groups is 1. The van der Waals surface area contributed by atoms with Crippen LogP contribution in [-0.4, -0.2) is 23.8 Å². The summed E-state index contributed by atoms with van der Waals surface area (Å²) in [7, 11) is 0. The molecule has 0 aliphatic rings. The van der Waals surface area contributed by atoms with Gasteiger partial charge < -0.3 is 4.74 Å². The van der Waals surface area contributed by atoms with Gasteiger partial charge in [-0.15, -0.1) is 0 Å². The van der Waals surface area contributed by atoms with E-state index in [4.69, 9.17) is 0 Å². The first-order valence-corrected chi connectivity index (χ1v) is 4.53. The number of benzene rings is 1. The molecule has 1 rings (SSSR count). The van der Waals surface area contributed by atoms with Gasteiger partial charge in [-0.25, -0.2) is 4.79 Å². The molecule has 0 aliphatic heterocycles. The van der Waals surface area contributed by atoms with E-state index in [0.29, 0.717) is 0 Å². The van der Waals surface area contributed by atoms with Crippen molar-refractivity contribution < 1.29 is 27.6 Å². The second-order valence-electron chi connectivity index (χ2n) is 3.09. The molecule has 1 N–H and O–H groups in total. The van der Waals surface area contributed by atoms with E-state index in [-0.39, 0.29) is 5.69 Å². The van der Waals surface area contributed by atoms with Crippen LogP contribution in [0.4, 0.5) is 29.3 Å². The molecule has 98 valence electrons. The second-order valence-corrected chi connectivity index (χ2v) is 3.09. The van der Waals surface area contributed by atoms with Gasteiger partial charge in [0.15, 0.2) is 6.61 Å². The molecule has 1 aromatic rings. The van der Waals surface area contributed by atoms with Crippen molar-refractivity contribution in [3.63, 3.8) is 0 Å². The number of halogens is 3. The average molecular weight is 264 g/mol. The zero-order chi connectivity index (χ0) is 13.8. The van der Waals surface area contributed by atoms with Crippen molar-refractivity contribution in [2.24, 2.45) is 0 Å². The fourth-order valence-corrected chi connectivity index (χ4v) is 1.03. The van der Waals surface area contributed by atoms with Crippen LogP contribution in [0, 0.1) is 10.1 Å². The minimum Gasteiger partial charge on any atom is -0.440 e. The zero-order valence-electron chi connectivity index (χ0n) is 8.73. The Kier molecular flexibility index (Phi) is 4.08. The summed E-state index contributed by atoms with van der Waals surface area (Å²) >= 11 is 0. The largest absolute Gasteiger partial charge is 0.440 e. The molecule has 6 nitrogen and oxygen atoms in total. The van der Waals surface area contributed by atoms with Crippen LogP contribution in [0.2, 0.25) is 0 Å². The number of alkyl halides is 3. The third-order valence-corrected chi connectivity index (χ3v) is 1.70. The van der Waals surface area contributed by atoms with Gasteiger partial charge in [-0.05, 0) is 6.07 Å². The number of hydrogen-bond donors (Lipinski definition) is 1. The molecule has 9 heteroatoms. The highest BCUT2D eigenvalue weighted by atomic mass is 19.4. The number of nitrogens with one attached hydrogen (secondary N) is 1. The van der Waals surface area contributed by atoms with Gasteiger partial charge in [-0.1, -0.05) is 12.1 Å². The molecule has 0 saturated heterocycles. The van der Waals surface area contributed by atoms with Gasteiger partial charge in [-0.3, -0.25) is 15.4 Å². The highest BCUT2D eigenvalue weighted by Crippen LogP contribution is 2.23. The summed E-state index contributed by atoms with van der Waals surface area (Å²) in [5.74, 6) is 0. The van der Waals surface area contributed by atoms with E-state index in [2.05, 4.69) is 4.74 Å². The van der Waals surface area contributed by atoms with Gasteiger partial charge in [0.2, 0.25) is 0 Å². The molecule has 0 atom stereocenters. The summed E-state index contributed by atoms with van der Waals surface area (Å²) < 4.78 is 39.1. The third kappa shape index (κ3) is 4.28. The third-order valence-electron chi connectivity index (χ3n) is 1.70. The van der Waals surface area contributed by atoms with Crippen LogP contribution in [0.1, 0.15) is 0 Å². The molecule has 18 heavy (non-hydrogen) atoms. The SMILES string of the molecule is O=C(Nc1ccccc1[N+](=O)[O-])OCC(F)(F)F. The lowest BCUT2D eigenvalue weighted by Gasteiger charge is -2.09. The molecule has 1 amide bonds. The van der Waals surface area contributed by atoms with E-state index in [1.54, 1.807) is 0 Å². The summed E-state index contributed by atoms with van der Waals surface area (Å²) in [5, 5.41) is 12.4. The van der Waals surface area contributed by atoms with E-state index in [1.807, 2.05) is 5.32 Å². The summed E-state index contributed by atoms with van der Waals surface area (Å²) in [6, 6.07) is 5.00. The van der Waals surface area contributed by atoms with Crippen molar-refractivity contribution >= 4 is 17.5 Å². The van der Waals surface area contributed by atoms with Crippen LogP contribution >= 0.6 is 0 Å². The van der Waals surface area contributed by atoms with E-state index in [9.17, 15) is 28.1 Å². The Bertz CT molecular complexity index is 461. The number of hydrogen-bond acceptors (Lipinski definition) is 4. The van der Waals surface area contributed by atoms with Gasteiger partial charge in [0.1, 0.15) is 5.69 Å². The quantitative estimate of drug-likeness (QED) is 0.672. The zero-order valence-corrected chi connectivity index (χ0v) is 8.73. The van der Waals surface area contributed by atoms with Crippen LogP contribution in [0.3, 0.4) is 0 Å². The number of anilines is 1. The Morgan fingerprint density at radius 3 is 2.56 bits per heavy atom. The summed E-state index contributed by atoms with van der Waals surface area (Å²) in [6.45, 7) is -1.76. The lowest BCUT2D eigenvalue weighted by molar-refractivity contribution is -0.383. The van der Waals surface area contributed by atoms with Gasteiger partial charge >= 0.3 is 12.3 Å². The standard InChI is InChI=1S/C9H7F3N2O4/c10-9(11,12)5-18-8(15)13-6-3-1-2-4-7(6)14(16)17/h1-4H,5H2,(H,13,15). The van der Waals surface area contributed by atoms with E-state index in [0.717, 1.165) is 6.07 Å². The molecule has 0 aliphatic carbocycles. The number of nitro benzene ring substituents is 1. The number of para-hydroxylation sites is 2. The van der Waals surface area contributed by atoms with Gasteiger partial charge in [0.25, 0.3) is 5.69 Å². The van der Waals surface area contributed by atoms with Gasteiger partial charge in [-0.2, -0.15) is 13.2 Å². The van der Waals surface area contributed by atoms with Crippen molar-refractivity contribution in [2.45, 2.75) is 6.18 Å². The summed E-state index contributed by atoms with van der Waals surface area (Å²) in [4.78, 5) is 20.8. The van der Waals surface area contributed by atoms with Crippen LogP contribution in [0.5, 0.6) is 0 Å². The molecule has 1 aromatic carbocycles. The molecule has 0 fully saturated rings. The number of rotatable bonds is 3. The molecular formula is C9H7F3N2O4. The topological polar surface area (TPSA) is 81.5 Å². The van der Waals surface area contributed by atoms with Crippen LogP contribution in [0.25, 0.3) is 0 Å². The monoisotopic (exact) mass is 264 g/mol. The number of ether oxygens (including phenoxy) is 1. The minimum atomic E-state index is -4.65. The van der Waals surface area contributed by atoms with Crippen molar-refractivity contribution in [3.8, 4) is 0 Å². The molecule has 0 radical (unpaired) electrons. The number of nitrogens with zero attached hydrogens (tertiary/aromatic N) is 1. The minimum absolute atomic E-state index is 0.241. The van der Waals surface area contributed by atoms with Crippen molar-refractivity contribution in [1.29, 1.82) is 0 Å². The lowest BCUT2D eigenvalue weighted by atomic mass is 10.3. The molecule has 0 bridgehead atoms. The number of nitro groups is 1. The van der Waals surface area contributed by atoms with Crippen LogP contribution in [-0.2, 0) is 4.74 Å². The van der Waals surface area contributed by atoms with Crippen molar-refractivity contribution in [2.75, 3.05) is 11.9 Å². The first-order valence-electron chi connectivity index (χ1n) is 4.53. The first kappa shape index (κ1) is 13.7. The van der Waals surface area contributed by atoms with Crippen LogP contribution < -0.4 is 5.32 Å². The Labute approximate surface area is 98.5 Å². The predicted octanol–water partition coefficient (Wildman–Crippen LogP) is 2.71. The smallest absolute Gasteiger partial charge is 0.422 e. The fourth-order valence-electron chi connectivity index (χ4n) is 1.03. The second kappa shape index (κ2) is 5.34. The van der Waals surface area contributed by atoms with Gasteiger partial charge in [0.05, 0.1) is 4.92 Å². The number of amides is 1. The highest BCUT2D eigenvalue weighted by Gasteiger charge is 2.29. The Hall–Kier alpha value is -2.32. The molecule has 0 saturated carbocycles. The Morgan fingerprint density at radius 1 is 1.39 bits per heavy atom. The Morgan fingerprint density at radius 2 is 2.00 bits per heavy atom. The molecule has 0 heterocycles. The van der Waals surface area contributed by atoms with E-state index >= 15 is 0 Å². The normalized spacial score (nSPS) is 10.8.